The lowest BCUT2D eigenvalue weighted by Gasteiger charge is -2.54. The number of allylic oxidation sites excluding steroid dienone is 2. The summed E-state index contributed by atoms with van der Waals surface area (Å²) in [5, 5.41) is 29.5. The standard InChI is InChI=1S/C25H30O4/c26-15-8-6-14(7-9-15)4-2-1-3-5-16-17-10-11-18-20(25(28)29)13-22(27)21-12-19(16)23(17)24(18)21/h6-11,13,16-19,21-24,26-27H,1-5,12H2,(H,28,29)/t16-,17-,18+,19+,21+,22+,23-,24+/m1/s1. The minimum Gasteiger partial charge on any atom is -0.508 e. The number of phenols is 1. The molecule has 0 radical (unpaired) electrons. The third-order valence-electron chi connectivity index (χ3n) is 8.26. The van der Waals surface area contributed by atoms with Crippen LogP contribution in [0, 0.1) is 41.4 Å². The molecular formula is C25H30O4. The van der Waals surface area contributed by atoms with Gasteiger partial charge in [0.15, 0.2) is 0 Å². The molecule has 0 saturated heterocycles. The summed E-state index contributed by atoms with van der Waals surface area (Å²) in [5.41, 5.74) is 1.69. The lowest BCUT2D eigenvalue weighted by molar-refractivity contribution is -0.134. The highest BCUT2D eigenvalue weighted by Crippen LogP contribution is 2.67. The van der Waals surface area contributed by atoms with Crippen LogP contribution in [-0.4, -0.2) is 27.4 Å². The largest absolute Gasteiger partial charge is 0.508 e. The van der Waals surface area contributed by atoms with Crippen molar-refractivity contribution in [3.63, 3.8) is 0 Å². The van der Waals surface area contributed by atoms with Gasteiger partial charge in [-0.05, 0) is 85.0 Å². The second kappa shape index (κ2) is 7.32. The van der Waals surface area contributed by atoms with Crippen LogP contribution in [0.4, 0.5) is 0 Å². The highest BCUT2D eigenvalue weighted by molar-refractivity contribution is 5.88. The lowest BCUT2D eigenvalue weighted by Crippen LogP contribution is -2.50. The topological polar surface area (TPSA) is 77.8 Å². The summed E-state index contributed by atoms with van der Waals surface area (Å²) in [6, 6.07) is 7.51. The van der Waals surface area contributed by atoms with Crippen LogP contribution in [0.25, 0.3) is 0 Å². The van der Waals surface area contributed by atoms with Gasteiger partial charge in [-0.1, -0.05) is 37.1 Å². The van der Waals surface area contributed by atoms with E-state index in [9.17, 15) is 20.1 Å². The van der Waals surface area contributed by atoms with Gasteiger partial charge in [0.1, 0.15) is 5.75 Å². The van der Waals surface area contributed by atoms with Crippen LogP contribution in [0.5, 0.6) is 5.75 Å². The van der Waals surface area contributed by atoms with E-state index in [2.05, 4.69) is 12.2 Å². The van der Waals surface area contributed by atoms with Crippen molar-refractivity contribution in [1.82, 2.24) is 0 Å². The van der Waals surface area contributed by atoms with Crippen LogP contribution < -0.4 is 0 Å². The van der Waals surface area contributed by atoms with Crippen LogP contribution >= 0.6 is 0 Å². The first kappa shape index (κ1) is 18.9. The molecule has 8 atom stereocenters. The van der Waals surface area contributed by atoms with Gasteiger partial charge in [-0.15, -0.1) is 0 Å². The highest BCUT2D eigenvalue weighted by atomic mass is 16.4. The van der Waals surface area contributed by atoms with Gasteiger partial charge >= 0.3 is 5.97 Å². The molecule has 4 aliphatic carbocycles. The number of aromatic hydroxyl groups is 1. The Morgan fingerprint density at radius 3 is 2.55 bits per heavy atom. The van der Waals surface area contributed by atoms with Crippen molar-refractivity contribution in [1.29, 1.82) is 0 Å². The van der Waals surface area contributed by atoms with Crippen molar-refractivity contribution in [2.24, 2.45) is 41.4 Å². The number of hydrogen-bond donors (Lipinski definition) is 3. The molecule has 0 heterocycles. The van der Waals surface area contributed by atoms with Crippen molar-refractivity contribution in [2.45, 2.75) is 44.6 Å². The Balaban J connectivity index is 1.17. The maximum atomic E-state index is 11.6. The molecule has 5 rings (SSSR count). The van der Waals surface area contributed by atoms with Crippen molar-refractivity contribution in [3.05, 3.63) is 53.6 Å². The van der Waals surface area contributed by atoms with E-state index < -0.39 is 12.1 Å². The van der Waals surface area contributed by atoms with Crippen molar-refractivity contribution in [2.75, 3.05) is 0 Å². The number of carboxylic acid groups (broad SMARTS) is 1. The van der Waals surface area contributed by atoms with E-state index in [4.69, 9.17) is 0 Å². The van der Waals surface area contributed by atoms with E-state index in [1.807, 2.05) is 12.1 Å². The normalized spacial score (nSPS) is 38.9. The first-order valence-electron chi connectivity index (χ1n) is 11.1. The Hall–Kier alpha value is -2.07. The summed E-state index contributed by atoms with van der Waals surface area (Å²) >= 11 is 0. The summed E-state index contributed by atoms with van der Waals surface area (Å²) in [6.45, 7) is 0. The Morgan fingerprint density at radius 1 is 1.00 bits per heavy atom. The maximum Gasteiger partial charge on any atom is 0.331 e. The highest BCUT2D eigenvalue weighted by Gasteiger charge is 2.63. The number of benzene rings is 1. The van der Waals surface area contributed by atoms with E-state index in [-0.39, 0.29) is 11.8 Å². The van der Waals surface area contributed by atoms with Gasteiger partial charge in [0.2, 0.25) is 0 Å². The minimum atomic E-state index is -0.872. The lowest BCUT2D eigenvalue weighted by atomic mass is 9.50. The fourth-order valence-corrected chi connectivity index (χ4v) is 7.05. The van der Waals surface area contributed by atoms with Crippen LogP contribution in [0.15, 0.2) is 48.1 Å². The SMILES string of the molecule is O=C(O)C1=C[C@H](O)[C@@H]2C[C@H]3[C@H](CCCCCc4ccc(O)cc4)[C@H]4C=C[C@@H]1[C@@H]2[C@H]43. The Kier molecular flexibility index (Phi) is 4.78. The maximum absolute atomic E-state index is 11.6. The summed E-state index contributed by atoms with van der Waals surface area (Å²) in [4.78, 5) is 11.6. The van der Waals surface area contributed by atoms with Crippen LogP contribution in [0.1, 0.15) is 37.7 Å². The average Bonchev–Trinajstić information content (AvgIpc) is 3.07. The molecule has 4 nitrogen and oxygen atoms in total. The molecule has 2 saturated carbocycles. The van der Waals surface area contributed by atoms with Gasteiger partial charge in [-0.3, -0.25) is 0 Å². The van der Waals surface area contributed by atoms with Gasteiger partial charge in [-0.25, -0.2) is 4.79 Å². The number of unbranched alkanes of at least 4 members (excludes halogenated alkanes) is 2. The van der Waals surface area contributed by atoms with Gasteiger partial charge in [0.05, 0.1) is 6.10 Å². The van der Waals surface area contributed by atoms with Gasteiger partial charge in [0, 0.05) is 11.5 Å². The second-order valence-corrected chi connectivity index (χ2v) is 9.55. The zero-order valence-electron chi connectivity index (χ0n) is 16.7. The van der Waals surface area contributed by atoms with E-state index >= 15 is 0 Å². The van der Waals surface area contributed by atoms with E-state index in [1.54, 1.807) is 18.2 Å². The molecule has 29 heavy (non-hydrogen) atoms. The number of aliphatic carboxylic acids is 1. The molecule has 4 heteroatoms. The van der Waals surface area contributed by atoms with Crippen LogP contribution in [0.3, 0.4) is 0 Å². The predicted molar refractivity (Wildman–Crippen MR) is 110 cm³/mol. The molecule has 1 aromatic rings. The summed E-state index contributed by atoms with van der Waals surface area (Å²) < 4.78 is 0. The molecule has 0 bridgehead atoms. The number of carbonyl (C=O) groups is 1. The minimum absolute atomic E-state index is 0.00147. The van der Waals surface area contributed by atoms with Gasteiger partial charge < -0.3 is 15.3 Å². The number of aryl methyl sites for hydroxylation is 1. The number of aliphatic hydroxyl groups is 1. The number of hydrogen-bond acceptors (Lipinski definition) is 3. The summed E-state index contributed by atoms with van der Waals surface area (Å²) in [5.74, 6) is 2.55. The molecule has 0 amide bonds. The van der Waals surface area contributed by atoms with Gasteiger partial charge in [0.25, 0.3) is 0 Å². The summed E-state index contributed by atoms with van der Waals surface area (Å²) in [7, 11) is 0. The number of carboxylic acids is 1. The third kappa shape index (κ3) is 3.13. The Bertz CT molecular complexity index is 839. The van der Waals surface area contributed by atoms with E-state index in [0.717, 1.165) is 12.8 Å². The molecule has 0 spiro atoms. The Labute approximate surface area is 172 Å². The van der Waals surface area contributed by atoms with E-state index in [1.165, 1.54) is 31.2 Å². The first-order chi connectivity index (χ1) is 14.0. The molecular weight excluding hydrogens is 364 g/mol. The van der Waals surface area contributed by atoms with Gasteiger partial charge in [-0.2, -0.15) is 0 Å². The zero-order chi connectivity index (χ0) is 20.1. The van der Waals surface area contributed by atoms with Crippen LogP contribution in [0.2, 0.25) is 0 Å². The summed E-state index contributed by atoms with van der Waals surface area (Å²) in [6.07, 6.45) is 12.5. The molecule has 2 fully saturated rings. The Morgan fingerprint density at radius 2 is 1.79 bits per heavy atom. The zero-order valence-corrected chi connectivity index (χ0v) is 16.7. The predicted octanol–water partition coefficient (Wildman–Crippen LogP) is 4.18. The molecule has 0 aromatic heterocycles. The quantitative estimate of drug-likeness (QED) is 0.479. The number of aliphatic hydroxyl groups excluding tert-OH is 1. The smallest absolute Gasteiger partial charge is 0.331 e. The fraction of sp³-hybridized carbons (Fsp3) is 0.560. The first-order valence-corrected chi connectivity index (χ1v) is 11.1. The molecule has 1 aromatic carbocycles. The molecule has 154 valence electrons. The van der Waals surface area contributed by atoms with E-state index in [0.29, 0.717) is 40.9 Å². The molecule has 3 N–H and O–H groups in total. The average molecular weight is 395 g/mol. The van der Waals surface area contributed by atoms with Crippen molar-refractivity contribution < 1.29 is 20.1 Å². The monoisotopic (exact) mass is 394 g/mol. The molecule has 4 aliphatic rings. The van der Waals surface area contributed by atoms with Crippen molar-refractivity contribution in [3.8, 4) is 5.75 Å². The fourth-order valence-electron chi connectivity index (χ4n) is 7.05. The number of rotatable bonds is 7. The van der Waals surface area contributed by atoms with Crippen molar-refractivity contribution >= 4 is 5.97 Å². The number of phenolic OH excluding ortho intramolecular Hbond substituents is 1. The van der Waals surface area contributed by atoms with Crippen LogP contribution in [-0.2, 0) is 11.2 Å². The molecule has 0 aliphatic heterocycles. The molecule has 0 unspecified atom stereocenters. The third-order valence-corrected chi connectivity index (χ3v) is 8.26. The second-order valence-electron chi connectivity index (χ2n) is 9.55.